The van der Waals surface area contributed by atoms with Crippen molar-refractivity contribution in [1.29, 1.82) is 0 Å². The fourth-order valence-corrected chi connectivity index (χ4v) is 6.34. The molecule has 3 atom stereocenters. The lowest BCUT2D eigenvalue weighted by molar-refractivity contribution is 0.0195. The molecule has 40 heavy (non-hydrogen) atoms. The third kappa shape index (κ3) is 6.85. The fourth-order valence-electron chi connectivity index (χ4n) is 5.31. The quantitative estimate of drug-likeness (QED) is 0.211. The molecule has 1 saturated heterocycles. The van der Waals surface area contributed by atoms with Crippen LogP contribution in [0.15, 0.2) is 78.9 Å². The lowest BCUT2D eigenvalue weighted by Gasteiger charge is -2.48. The monoisotopic (exact) mass is 558 g/mol. The van der Waals surface area contributed by atoms with Gasteiger partial charge in [-0.25, -0.2) is 4.79 Å². The number of carbonyl (C=O) groups excluding carboxylic acids is 1. The molecule has 1 aliphatic rings. The Kier molecular flexibility index (Phi) is 9.23. The number of hydrogen-bond donors (Lipinski definition) is 0. The van der Waals surface area contributed by atoms with E-state index in [1.54, 1.807) is 0 Å². The summed E-state index contributed by atoms with van der Waals surface area (Å²) < 4.78 is 11.7. The summed E-state index contributed by atoms with van der Waals surface area (Å²) in [4.78, 5) is 17.4. The zero-order valence-electron chi connectivity index (χ0n) is 25.5. The molecule has 3 unspecified atom stereocenters. The summed E-state index contributed by atoms with van der Waals surface area (Å²) in [6.07, 6.45) is 0. The van der Waals surface area contributed by atoms with E-state index < -0.39 is 8.32 Å². The number of nitrogens with zero attached hydrogens (tertiary/aromatic N) is 2. The van der Waals surface area contributed by atoms with E-state index in [0.29, 0.717) is 17.6 Å². The molecule has 0 N–H and O–H groups in total. The van der Waals surface area contributed by atoms with E-state index in [1.165, 1.54) is 18.2 Å². The number of ether oxygens (including phenoxy) is 1. The average Bonchev–Trinajstić information content (AvgIpc) is 2.91. The summed E-state index contributed by atoms with van der Waals surface area (Å²) in [7, 11) is -0.567. The molecule has 214 valence electrons. The Bertz CT molecular complexity index is 1270. The van der Waals surface area contributed by atoms with Crippen molar-refractivity contribution >= 4 is 14.3 Å². The van der Waals surface area contributed by atoms with E-state index in [0.717, 1.165) is 30.9 Å². The third-order valence-corrected chi connectivity index (χ3v) is 13.1. The minimum absolute atomic E-state index is 0.0333. The Labute approximate surface area is 242 Å². The highest BCUT2D eigenvalue weighted by Gasteiger charge is 2.39. The molecule has 5 nitrogen and oxygen atoms in total. The largest absolute Gasteiger partial charge is 0.543 e. The van der Waals surface area contributed by atoms with Gasteiger partial charge in [0.15, 0.2) is 0 Å². The number of piperazine rings is 1. The summed E-state index contributed by atoms with van der Waals surface area (Å²) >= 11 is 0. The van der Waals surface area contributed by atoms with Crippen LogP contribution in [0.2, 0.25) is 18.1 Å². The first-order valence-corrected chi connectivity index (χ1v) is 17.3. The summed E-state index contributed by atoms with van der Waals surface area (Å²) in [5, 5.41) is 0.116. The van der Waals surface area contributed by atoms with Gasteiger partial charge in [0, 0.05) is 31.7 Å². The molecule has 4 rings (SSSR count). The Morgan fingerprint density at radius 1 is 0.900 bits per heavy atom. The summed E-state index contributed by atoms with van der Waals surface area (Å²) in [6, 6.07) is 28.0. The molecule has 0 bridgehead atoms. The van der Waals surface area contributed by atoms with E-state index in [9.17, 15) is 4.79 Å². The van der Waals surface area contributed by atoms with Crippen LogP contribution in [0.1, 0.15) is 67.7 Å². The van der Waals surface area contributed by atoms with Gasteiger partial charge in [0.05, 0.1) is 18.7 Å². The van der Waals surface area contributed by atoms with Crippen molar-refractivity contribution in [2.45, 2.75) is 77.4 Å². The Morgan fingerprint density at radius 3 is 2.20 bits per heavy atom. The minimum atomic E-state index is -1.99. The standard InChI is InChI=1S/C34H46N2O3Si/c1-25-23-36(26(2)22-35(25)24-27-13-10-9-11-14-27)32(28-17-19-29(20-18-28)33(37)38-6)30-15-12-16-31(21-30)39-40(7,8)34(3,4)5/h9-21,25-26,32H,22-24H2,1-8H3. The van der Waals surface area contributed by atoms with Crippen LogP contribution in [0.5, 0.6) is 5.75 Å². The Hall–Kier alpha value is -2.93. The topological polar surface area (TPSA) is 42.0 Å². The summed E-state index contributed by atoms with van der Waals surface area (Å²) in [6.45, 7) is 18.9. The van der Waals surface area contributed by atoms with E-state index in [2.05, 4.69) is 124 Å². The van der Waals surface area contributed by atoms with Crippen LogP contribution < -0.4 is 4.43 Å². The van der Waals surface area contributed by atoms with Gasteiger partial charge in [-0.1, -0.05) is 75.4 Å². The second-order valence-corrected chi connectivity index (χ2v) is 17.5. The first-order valence-electron chi connectivity index (χ1n) is 14.4. The predicted octanol–water partition coefficient (Wildman–Crippen LogP) is 7.54. The molecule has 3 aromatic carbocycles. The lowest BCUT2D eigenvalue weighted by Crippen LogP contribution is -2.56. The van der Waals surface area contributed by atoms with Gasteiger partial charge in [-0.3, -0.25) is 9.80 Å². The molecule has 0 radical (unpaired) electrons. The molecule has 0 amide bonds. The third-order valence-electron chi connectivity index (χ3n) is 8.72. The molecule has 1 aliphatic heterocycles. The van der Waals surface area contributed by atoms with E-state index >= 15 is 0 Å². The summed E-state index contributed by atoms with van der Waals surface area (Å²) in [5.41, 5.74) is 4.28. The van der Waals surface area contributed by atoms with Gasteiger partial charge < -0.3 is 9.16 Å². The fraction of sp³-hybridized carbons (Fsp3) is 0.441. The highest BCUT2D eigenvalue weighted by Crippen LogP contribution is 2.39. The Balaban J connectivity index is 1.68. The first-order chi connectivity index (χ1) is 18.9. The molecule has 0 aromatic heterocycles. The highest BCUT2D eigenvalue weighted by atomic mass is 28.4. The van der Waals surface area contributed by atoms with Crippen LogP contribution in [0.3, 0.4) is 0 Å². The highest BCUT2D eigenvalue weighted by molar-refractivity contribution is 6.74. The molecule has 0 spiro atoms. The van der Waals surface area contributed by atoms with Gasteiger partial charge in [-0.05, 0) is 72.9 Å². The van der Waals surface area contributed by atoms with Crippen LogP contribution in [-0.4, -0.2) is 56.4 Å². The molecular weight excluding hydrogens is 512 g/mol. The minimum Gasteiger partial charge on any atom is -0.543 e. The van der Waals surface area contributed by atoms with Gasteiger partial charge in [0.25, 0.3) is 0 Å². The van der Waals surface area contributed by atoms with Crippen LogP contribution in [-0.2, 0) is 11.3 Å². The van der Waals surface area contributed by atoms with Crippen LogP contribution >= 0.6 is 0 Å². The molecule has 0 aliphatic carbocycles. The molecule has 1 heterocycles. The van der Waals surface area contributed by atoms with Crippen LogP contribution in [0.4, 0.5) is 0 Å². The zero-order valence-corrected chi connectivity index (χ0v) is 26.5. The maximum atomic E-state index is 12.2. The molecule has 1 fully saturated rings. The number of benzene rings is 3. The van der Waals surface area contributed by atoms with Crippen LogP contribution in [0, 0.1) is 0 Å². The van der Waals surface area contributed by atoms with Crippen LogP contribution in [0.25, 0.3) is 0 Å². The maximum absolute atomic E-state index is 12.2. The number of methoxy groups -OCH3 is 1. The van der Waals surface area contributed by atoms with E-state index in [-0.39, 0.29) is 17.0 Å². The lowest BCUT2D eigenvalue weighted by atomic mass is 9.92. The van der Waals surface area contributed by atoms with Crippen molar-refractivity contribution < 1.29 is 14.0 Å². The first kappa shape index (κ1) is 30.0. The molecule has 6 heteroatoms. The van der Waals surface area contributed by atoms with Crippen molar-refractivity contribution in [3.05, 3.63) is 101 Å². The van der Waals surface area contributed by atoms with Crippen molar-refractivity contribution in [2.24, 2.45) is 0 Å². The van der Waals surface area contributed by atoms with Crippen molar-refractivity contribution in [1.82, 2.24) is 9.80 Å². The number of rotatable bonds is 8. The molecule has 3 aromatic rings. The smallest absolute Gasteiger partial charge is 0.337 e. The van der Waals surface area contributed by atoms with Gasteiger partial charge in [-0.15, -0.1) is 0 Å². The van der Waals surface area contributed by atoms with Gasteiger partial charge in [0.1, 0.15) is 5.75 Å². The predicted molar refractivity (Wildman–Crippen MR) is 166 cm³/mol. The van der Waals surface area contributed by atoms with Crippen molar-refractivity contribution in [2.75, 3.05) is 20.2 Å². The molecular formula is C34H46N2O3Si. The summed E-state index contributed by atoms with van der Waals surface area (Å²) in [5.74, 6) is 0.619. The van der Waals surface area contributed by atoms with E-state index in [4.69, 9.17) is 9.16 Å². The average molecular weight is 559 g/mol. The van der Waals surface area contributed by atoms with Gasteiger partial charge >= 0.3 is 5.97 Å². The number of esters is 1. The zero-order chi connectivity index (χ0) is 29.1. The second-order valence-electron chi connectivity index (χ2n) is 12.8. The van der Waals surface area contributed by atoms with Crippen molar-refractivity contribution in [3.8, 4) is 5.75 Å². The normalized spacial score (nSPS) is 19.7. The SMILES string of the molecule is COC(=O)c1ccc(C(c2cccc(O[Si](C)(C)C(C)(C)C)c2)N2CC(C)N(Cc3ccccc3)CC2C)cc1. The van der Waals surface area contributed by atoms with E-state index in [1.807, 2.05) is 12.1 Å². The van der Waals surface area contributed by atoms with Gasteiger partial charge in [-0.2, -0.15) is 0 Å². The van der Waals surface area contributed by atoms with Gasteiger partial charge in [0.2, 0.25) is 8.32 Å². The molecule has 0 saturated carbocycles. The Morgan fingerprint density at radius 2 is 1.57 bits per heavy atom. The number of carbonyl (C=O) groups is 1. The maximum Gasteiger partial charge on any atom is 0.337 e. The number of hydrogen-bond acceptors (Lipinski definition) is 5. The second kappa shape index (κ2) is 12.3. The van der Waals surface area contributed by atoms with Crippen molar-refractivity contribution in [3.63, 3.8) is 0 Å².